The average Bonchev–Trinajstić information content (AvgIpc) is 2.63. The molecule has 1 N–H and O–H groups in total. The average molecular weight is 321 g/mol. The van der Waals surface area contributed by atoms with Crippen LogP contribution in [0.5, 0.6) is 0 Å². The second kappa shape index (κ2) is 7.04. The lowest BCUT2D eigenvalue weighted by molar-refractivity contribution is 0.200. The lowest BCUT2D eigenvalue weighted by Gasteiger charge is -2.26. The normalized spacial score (nSPS) is 19.7. The van der Waals surface area contributed by atoms with Gasteiger partial charge in [0.2, 0.25) is 5.79 Å². The molecule has 2 aromatic rings. The van der Waals surface area contributed by atoms with Gasteiger partial charge in [-0.3, -0.25) is 0 Å². The van der Waals surface area contributed by atoms with Crippen LogP contribution in [-0.4, -0.2) is 0 Å². The summed E-state index contributed by atoms with van der Waals surface area (Å²) in [5.74, 6) is -1.64. The molecule has 0 amide bonds. The summed E-state index contributed by atoms with van der Waals surface area (Å²) in [4.78, 5) is 0. The van der Waals surface area contributed by atoms with Crippen LogP contribution >= 0.6 is 0 Å². The van der Waals surface area contributed by atoms with Crippen molar-refractivity contribution in [3.05, 3.63) is 89.1 Å². The first-order valence-corrected chi connectivity index (χ1v) is 8.69. The van der Waals surface area contributed by atoms with Gasteiger partial charge < -0.3 is 5.32 Å². The van der Waals surface area contributed by atoms with Gasteiger partial charge in [0.15, 0.2) is 0 Å². The minimum absolute atomic E-state index is 0.629. The molecule has 0 bridgehead atoms. The molecule has 0 spiro atoms. The van der Waals surface area contributed by atoms with Crippen molar-refractivity contribution < 1.29 is 4.39 Å². The summed E-state index contributed by atoms with van der Waals surface area (Å²) in [7, 11) is 0. The molecule has 0 saturated carbocycles. The molecule has 0 radical (unpaired) electrons. The Balaban J connectivity index is 1.76. The maximum absolute atomic E-state index is 15.2. The summed E-state index contributed by atoms with van der Waals surface area (Å²) in [6, 6.07) is 16.2. The molecule has 2 heteroatoms. The number of aryl methyl sites for hydroxylation is 2. The zero-order valence-electron chi connectivity index (χ0n) is 14.4. The van der Waals surface area contributed by atoms with Gasteiger partial charge in [0.25, 0.3) is 0 Å². The molecule has 1 nitrogen and oxygen atoms in total. The van der Waals surface area contributed by atoms with Crippen LogP contribution in [0.4, 0.5) is 4.39 Å². The number of halogens is 1. The van der Waals surface area contributed by atoms with Crippen LogP contribution in [0.2, 0.25) is 0 Å². The summed E-state index contributed by atoms with van der Waals surface area (Å²) in [6.45, 7) is 4.28. The highest BCUT2D eigenvalue weighted by Crippen LogP contribution is 2.31. The second-order valence-corrected chi connectivity index (χ2v) is 6.29. The fourth-order valence-corrected chi connectivity index (χ4v) is 2.98. The molecule has 0 aromatic heterocycles. The summed E-state index contributed by atoms with van der Waals surface area (Å²) in [5.41, 5.74) is 5.28. The monoisotopic (exact) mass is 321 g/mol. The van der Waals surface area contributed by atoms with Crippen molar-refractivity contribution >= 4 is 5.57 Å². The molecular formula is C22H24FN. The van der Waals surface area contributed by atoms with Crippen molar-refractivity contribution in [2.24, 2.45) is 0 Å². The Kier molecular flexibility index (Phi) is 4.84. The van der Waals surface area contributed by atoms with Crippen LogP contribution in [-0.2, 0) is 18.6 Å². The van der Waals surface area contributed by atoms with Crippen LogP contribution < -0.4 is 5.32 Å². The van der Waals surface area contributed by atoms with Gasteiger partial charge in [-0.15, -0.1) is 0 Å². The molecule has 1 atom stereocenters. The van der Waals surface area contributed by atoms with E-state index in [1.165, 1.54) is 11.1 Å². The van der Waals surface area contributed by atoms with E-state index >= 15 is 4.39 Å². The van der Waals surface area contributed by atoms with E-state index in [4.69, 9.17) is 0 Å². The van der Waals surface area contributed by atoms with E-state index in [9.17, 15) is 0 Å². The Bertz CT molecular complexity index is 741. The molecule has 124 valence electrons. The Morgan fingerprint density at radius 2 is 1.58 bits per heavy atom. The minimum atomic E-state index is -1.64. The maximum Gasteiger partial charge on any atom is 0.225 e. The molecule has 3 rings (SSSR count). The lowest BCUT2D eigenvalue weighted by Crippen LogP contribution is -2.34. The number of rotatable bonds is 5. The van der Waals surface area contributed by atoms with E-state index in [-0.39, 0.29) is 0 Å². The van der Waals surface area contributed by atoms with Gasteiger partial charge in [0.05, 0.1) is 0 Å². The van der Waals surface area contributed by atoms with Gasteiger partial charge in [-0.05, 0) is 41.2 Å². The summed E-state index contributed by atoms with van der Waals surface area (Å²) in [5, 5.41) is 2.92. The van der Waals surface area contributed by atoms with Crippen LogP contribution in [0.15, 0.2) is 66.9 Å². The Hall–Kier alpha value is -2.35. The standard InChI is InChI=1S/C22H24FN/c1-3-5-18-6-10-19(11-7-18)20-14-15-22(23,24-16-20)21-12-8-17(4-2)9-13-21/h6-16,24H,3-5H2,1-2H3. The Labute approximate surface area is 143 Å². The van der Waals surface area contributed by atoms with Crippen molar-refractivity contribution in [1.29, 1.82) is 0 Å². The first kappa shape index (κ1) is 16.5. The third-order valence-electron chi connectivity index (χ3n) is 4.54. The number of nitrogens with one attached hydrogen (secondary N) is 1. The zero-order valence-corrected chi connectivity index (χ0v) is 14.4. The van der Waals surface area contributed by atoms with Gasteiger partial charge in [-0.1, -0.05) is 74.9 Å². The molecule has 24 heavy (non-hydrogen) atoms. The van der Waals surface area contributed by atoms with Gasteiger partial charge in [0, 0.05) is 11.8 Å². The smallest absolute Gasteiger partial charge is 0.225 e. The largest absolute Gasteiger partial charge is 0.352 e. The minimum Gasteiger partial charge on any atom is -0.352 e. The maximum atomic E-state index is 15.2. The molecule has 2 aromatic carbocycles. The van der Waals surface area contributed by atoms with Gasteiger partial charge in [-0.2, -0.15) is 0 Å². The highest BCUT2D eigenvalue weighted by Gasteiger charge is 2.29. The third-order valence-corrected chi connectivity index (χ3v) is 4.54. The fraction of sp³-hybridized carbons (Fsp3) is 0.273. The van der Waals surface area contributed by atoms with Crippen molar-refractivity contribution in [2.45, 2.75) is 38.9 Å². The van der Waals surface area contributed by atoms with Crippen LogP contribution in [0, 0.1) is 0 Å². The summed E-state index contributed by atoms with van der Waals surface area (Å²) >= 11 is 0. The van der Waals surface area contributed by atoms with Gasteiger partial charge in [0.1, 0.15) is 0 Å². The number of allylic oxidation sites excluding steroid dienone is 2. The van der Waals surface area contributed by atoms with Crippen molar-refractivity contribution in [1.82, 2.24) is 5.32 Å². The van der Waals surface area contributed by atoms with Gasteiger partial charge in [-0.25, -0.2) is 4.39 Å². The van der Waals surface area contributed by atoms with E-state index in [2.05, 4.69) is 43.4 Å². The molecule has 1 aliphatic rings. The van der Waals surface area contributed by atoms with E-state index in [0.717, 1.165) is 30.4 Å². The Morgan fingerprint density at radius 3 is 2.12 bits per heavy atom. The number of benzene rings is 2. The molecular weight excluding hydrogens is 297 g/mol. The first-order chi connectivity index (χ1) is 11.6. The number of dihydropyridines is 1. The lowest BCUT2D eigenvalue weighted by atomic mass is 9.96. The fourth-order valence-electron chi connectivity index (χ4n) is 2.98. The molecule has 1 unspecified atom stereocenters. The summed E-state index contributed by atoms with van der Waals surface area (Å²) in [6.07, 6.45) is 8.42. The molecule has 0 fully saturated rings. The van der Waals surface area contributed by atoms with E-state index < -0.39 is 5.79 Å². The Morgan fingerprint density at radius 1 is 0.917 bits per heavy atom. The highest BCUT2D eigenvalue weighted by molar-refractivity contribution is 5.75. The SMILES string of the molecule is CCCc1ccc(C2=CNC(F)(c3ccc(CC)cc3)C=C2)cc1. The summed E-state index contributed by atoms with van der Waals surface area (Å²) < 4.78 is 15.2. The molecule has 1 heterocycles. The number of hydrogen-bond donors (Lipinski definition) is 1. The molecule has 0 aliphatic carbocycles. The highest BCUT2D eigenvalue weighted by atomic mass is 19.1. The third kappa shape index (κ3) is 3.43. The van der Waals surface area contributed by atoms with E-state index in [1.54, 1.807) is 12.3 Å². The zero-order chi connectivity index (χ0) is 17.0. The number of hydrogen-bond acceptors (Lipinski definition) is 1. The van der Waals surface area contributed by atoms with Gasteiger partial charge >= 0.3 is 0 Å². The van der Waals surface area contributed by atoms with E-state index in [1.807, 2.05) is 30.3 Å². The second-order valence-electron chi connectivity index (χ2n) is 6.29. The van der Waals surface area contributed by atoms with Crippen molar-refractivity contribution in [3.63, 3.8) is 0 Å². The predicted molar refractivity (Wildman–Crippen MR) is 99.3 cm³/mol. The number of alkyl halides is 1. The van der Waals surface area contributed by atoms with Crippen LogP contribution in [0.3, 0.4) is 0 Å². The van der Waals surface area contributed by atoms with Crippen molar-refractivity contribution in [3.8, 4) is 0 Å². The predicted octanol–water partition coefficient (Wildman–Crippen LogP) is 5.52. The van der Waals surface area contributed by atoms with E-state index in [0.29, 0.717) is 5.56 Å². The molecule has 0 saturated heterocycles. The quantitative estimate of drug-likeness (QED) is 0.715. The van der Waals surface area contributed by atoms with Crippen LogP contribution in [0.1, 0.15) is 42.5 Å². The first-order valence-electron chi connectivity index (χ1n) is 8.69. The van der Waals surface area contributed by atoms with Crippen molar-refractivity contribution in [2.75, 3.05) is 0 Å². The molecule has 1 aliphatic heterocycles. The van der Waals surface area contributed by atoms with Crippen LogP contribution in [0.25, 0.3) is 5.57 Å². The topological polar surface area (TPSA) is 12.0 Å².